The summed E-state index contributed by atoms with van der Waals surface area (Å²) in [6.45, 7) is 1.96. The average Bonchev–Trinajstić information content (AvgIpc) is 2.48. The van der Waals surface area contributed by atoms with Crippen LogP contribution in [0.5, 0.6) is 0 Å². The molecule has 1 saturated carbocycles. The molecule has 0 amide bonds. The first-order valence-electron chi connectivity index (χ1n) is 7.13. The summed E-state index contributed by atoms with van der Waals surface area (Å²) in [5.41, 5.74) is 0.0195. The summed E-state index contributed by atoms with van der Waals surface area (Å²) in [6.07, 6.45) is 1.90. The third kappa shape index (κ3) is 3.85. The number of esters is 1. The van der Waals surface area contributed by atoms with E-state index < -0.39 is 16.8 Å². The van der Waals surface area contributed by atoms with E-state index >= 15 is 0 Å². The Morgan fingerprint density at radius 1 is 1.41 bits per heavy atom. The molecule has 1 fully saturated rings. The largest absolute Gasteiger partial charge is 0.465 e. The van der Waals surface area contributed by atoms with Crippen molar-refractivity contribution in [2.75, 3.05) is 6.61 Å². The van der Waals surface area contributed by atoms with Crippen LogP contribution in [0.25, 0.3) is 0 Å². The van der Waals surface area contributed by atoms with E-state index in [4.69, 9.17) is 4.74 Å². The number of non-ortho nitro benzene ring substituents is 1. The van der Waals surface area contributed by atoms with Gasteiger partial charge >= 0.3 is 5.97 Å². The lowest BCUT2D eigenvalue weighted by Crippen LogP contribution is -2.38. The van der Waals surface area contributed by atoms with Gasteiger partial charge in [0.05, 0.1) is 11.5 Å². The van der Waals surface area contributed by atoms with Gasteiger partial charge in [-0.05, 0) is 31.9 Å². The SMILES string of the molecule is CCOC(=O)C1C(=O)CCCC1Sc1ccc([N+](=O)[O-])cc1. The zero-order valence-corrected chi connectivity index (χ0v) is 13.0. The maximum absolute atomic E-state index is 12.1. The minimum absolute atomic E-state index is 0.0195. The minimum Gasteiger partial charge on any atom is -0.465 e. The number of hydrogen-bond acceptors (Lipinski definition) is 6. The molecule has 0 aromatic heterocycles. The summed E-state index contributed by atoms with van der Waals surface area (Å²) in [6, 6.07) is 6.13. The van der Waals surface area contributed by atoms with Gasteiger partial charge in [-0.15, -0.1) is 11.8 Å². The Hall–Kier alpha value is -1.89. The Bertz CT molecular complexity index is 572. The van der Waals surface area contributed by atoms with Gasteiger partial charge in [0.1, 0.15) is 11.7 Å². The first kappa shape index (κ1) is 16.5. The number of carbonyl (C=O) groups excluding carboxylic acids is 2. The molecule has 0 bridgehead atoms. The molecule has 0 heterocycles. The number of ether oxygens (including phenoxy) is 1. The highest BCUT2D eigenvalue weighted by atomic mass is 32.2. The number of nitro benzene ring substituents is 1. The van der Waals surface area contributed by atoms with Crippen molar-refractivity contribution in [1.29, 1.82) is 0 Å². The number of nitro groups is 1. The fourth-order valence-electron chi connectivity index (χ4n) is 2.47. The number of carbonyl (C=O) groups is 2. The van der Waals surface area contributed by atoms with Gasteiger partial charge < -0.3 is 4.74 Å². The molecule has 118 valence electrons. The van der Waals surface area contributed by atoms with Crippen molar-refractivity contribution in [2.45, 2.75) is 36.3 Å². The Morgan fingerprint density at radius 3 is 2.68 bits per heavy atom. The van der Waals surface area contributed by atoms with E-state index in [0.29, 0.717) is 6.42 Å². The van der Waals surface area contributed by atoms with E-state index in [0.717, 1.165) is 17.7 Å². The molecule has 22 heavy (non-hydrogen) atoms. The molecule has 2 rings (SSSR count). The van der Waals surface area contributed by atoms with Crippen LogP contribution in [0.2, 0.25) is 0 Å². The van der Waals surface area contributed by atoms with Crippen LogP contribution in [0.3, 0.4) is 0 Å². The Labute approximate surface area is 132 Å². The highest BCUT2D eigenvalue weighted by Crippen LogP contribution is 2.37. The summed E-state index contributed by atoms with van der Waals surface area (Å²) < 4.78 is 5.01. The highest BCUT2D eigenvalue weighted by molar-refractivity contribution is 8.00. The van der Waals surface area contributed by atoms with Crippen molar-refractivity contribution in [3.05, 3.63) is 34.4 Å². The van der Waals surface area contributed by atoms with Gasteiger partial charge in [0.25, 0.3) is 5.69 Å². The molecule has 7 heteroatoms. The van der Waals surface area contributed by atoms with Crippen LogP contribution in [-0.2, 0) is 14.3 Å². The van der Waals surface area contributed by atoms with Gasteiger partial charge in [-0.3, -0.25) is 19.7 Å². The zero-order chi connectivity index (χ0) is 16.1. The Balaban J connectivity index is 2.12. The van der Waals surface area contributed by atoms with E-state index in [1.54, 1.807) is 19.1 Å². The second-order valence-electron chi connectivity index (χ2n) is 5.00. The molecular weight excluding hydrogens is 306 g/mol. The van der Waals surface area contributed by atoms with Crippen LogP contribution in [0.15, 0.2) is 29.2 Å². The van der Waals surface area contributed by atoms with Crippen molar-refractivity contribution < 1.29 is 19.2 Å². The third-order valence-electron chi connectivity index (χ3n) is 3.51. The van der Waals surface area contributed by atoms with Crippen LogP contribution in [0, 0.1) is 16.0 Å². The topological polar surface area (TPSA) is 86.5 Å². The molecule has 1 aliphatic carbocycles. The lowest BCUT2D eigenvalue weighted by Gasteiger charge is -2.28. The summed E-state index contributed by atoms with van der Waals surface area (Å²) in [4.78, 5) is 35.1. The van der Waals surface area contributed by atoms with Gasteiger partial charge in [-0.2, -0.15) is 0 Å². The van der Waals surface area contributed by atoms with E-state index in [1.807, 2.05) is 0 Å². The molecule has 0 radical (unpaired) electrons. The molecule has 6 nitrogen and oxygen atoms in total. The summed E-state index contributed by atoms with van der Waals surface area (Å²) in [7, 11) is 0. The Morgan fingerprint density at radius 2 is 2.09 bits per heavy atom. The molecule has 0 aliphatic heterocycles. The smallest absolute Gasteiger partial charge is 0.317 e. The van der Waals surface area contributed by atoms with E-state index in [9.17, 15) is 19.7 Å². The maximum Gasteiger partial charge on any atom is 0.317 e. The molecule has 2 atom stereocenters. The van der Waals surface area contributed by atoms with Gasteiger partial charge in [0.15, 0.2) is 0 Å². The quantitative estimate of drug-likeness (QED) is 0.358. The number of Topliss-reactive ketones (excluding diaryl/α,β-unsaturated/α-hetero) is 1. The summed E-state index contributed by atoms with van der Waals surface area (Å²) in [5, 5.41) is 10.5. The predicted octanol–water partition coefficient (Wildman–Crippen LogP) is 2.99. The van der Waals surface area contributed by atoms with Crippen LogP contribution in [0.4, 0.5) is 5.69 Å². The number of hydrogen-bond donors (Lipinski definition) is 0. The minimum atomic E-state index is -0.742. The lowest BCUT2D eigenvalue weighted by atomic mass is 9.87. The predicted molar refractivity (Wildman–Crippen MR) is 81.7 cm³/mol. The van der Waals surface area contributed by atoms with Crippen molar-refractivity contribution in [1.82, 2.24) is 0 Å². The molecular formula is C15H17NO5S. The monoisotopic (exact) mass is 323 g/mol. The molecule has 0 spiro atoms. The number of nitrogens with zero attached hydrogens (tertiary/aromatic N) is 1. The van der Waals surface area contributed by atoms with Crippen molar-refractivity contribution in [3.63, 3.8) is 0 Å². The van der Waals surface area contributed by atoms with E-state index in [1.165, 1.54) is 23.9 Å². The molecule has 0 saturated heterocycles. The van der Waals surface area contributed by atoms with E-state index in [2.05, 4.69) is 0 Å². The fraction of sp³-hybridized carbons (Fsp3) is 0.467. The number of ketones is 1. The van der Waals surface area contributed by atoms with Crippen LogP contribution < -0.4 is 0 Å². The van der Waals surface area contributed by atoms with Crippen molar-refractivity contribution in [3.8, 4) is 0 Å². The molecule has 2 unspecified atom stereocenters. The molecule has 0 N–H and O–H groups in total. The summed E-state index contributed by atoms with van der Waals surface area (Å²) >= 11 is 1.41. The van der Waals surface area contributed by atoms with Gasteiger partial charge in [-0.1, -0.05) is 0 Å². The molecule has 1 aliphatic rings. The summed E-state index contributed by atoms with van der Waals surface area (Å²) in [5.74, 6) is -1.29. The second-order valence-corrected chi connectivity index (χ2v) is 6.31. The van der Waals surface area contributed by atoms with E-state index in [-0.39, 0.29) is 23.3 Å². The van der Waals surface area contributed by atoms with Crippen molar-refractivity contribution >= 4 is 29.2 Å². The van der Waals surface area contributed by atoms with Gasteiger partial charge in [0, 0.05) is 28.7 Å². The number of rotatable bonds is 5. The maximum atomic E-state index is 12.1. The third-order valence-corrected chi connectivity index (χ3v) is 4.86. The fourth-order valence-corrected chi connectivity index (χ4v) is 3.80. The lowest BCUT2D eigenvalue weighted by molar-refractivity contribution is -0.384. The number of thioether (sulfide) groups is 1. The van der Waals surface area contributed by atoms with Crippen LogP contribution in [0.1, 0.15) is 26.2 Å². The van der Waals surface area contributed by atoms with Gasteiger partial charge in [0.2, 0.25) is 0 Å². The first-order chi connectivity index (χ1) is 10.5. The van der Waals surface area contributed by atoms with Crippen LogP contribution >= 0.6 is 11.8 Å². The zero-order valence-electron chi connectivity index (χ0n) is 12.2. The number of benzene rings is 1. The van der Waals surface area contributed by atoms with Gasteiger partial charge in [-0.25, -0.2) is 0 Å². The molecule has 1 aromatic rings. The highest BCUT2D eigenvalue weighted by Gasteiger charge is 2.39. The first-order valence-corrected chi connectivity index (χ1v) is 8.01. The standard InChI is InChI=1S/C15H17NO5S/c1-2-21-15(18)14-12(17)4-3-5-13(14)22-11-8-6-10(7-9-11)16(19)20/h6-9,13-14H,2-5H2,1H3. The van der Waals surface area contributed by atoms with Crippen molar-refractivity contribution in [2.24, 2.45) is 5.92 Å². The second kappa shape index (κ2) is 7.40. The molecule has 1 aromatic carbocycles. The Kier molecular flexibility index (Phi) is 5.54. The average molecular weight is 323 g/mol. The normalized spacial score (nSPS) is 21.4. The van der Waals surface area contributed by atoms with Crippen LogP contribution in [-0.4, -0.2) is 28.5 Å².